The number of likely N-dealkylation sites (tertiary alicyclic amines) is 1. The van der Waals surface area contributed by atoms with Gasteiger partial charge in [0, 0.05) is 43.7 Å². The molecule has 18 heavy (non-hydrogen) atoms. The smallest absolute Gasteiger partial charge is 0.0547 e. The molecule has 3 heteroatoms. The average molecular weight is 254 g/mol. The van der Waals surface area contributed by atoms with Gasteiger partial charge in [0.15, 0.2) is 0 Å². The standard InChI is InChI=1S/C15H30N2O/c1-12(2)16-9-15(5-6-18-11-15)10-17-8-13(3)7-14(17)4/h12-14,16H,5-11H2,1-4H3. The first-order valence-electron chi connectivity index (χ1n) is 7.56. The number of nitrogens with zero attached hydrogens (tertiary/aromatic N) is 1. The Morgan fingerprint density at radius 1 is 1.39 bits per heavy atom. The largest absolute Gasteiger partial charge is 0.381 e. The second-order valence-electron chi connectivity index (χ2n) is 6.96. The van der Waals surface area contributed by atoms with Crippen LogP contribution in [0.3, 0.4) is 0 Å². The van der Waals surface area contributed by atoms with E-state index in [4.69, 9.17) is 4.74 Å². The fourth-order valence-electron chi connectivity index (χ4n) is 3.43. The molecule has 0 aromatic heterocycles. The van der Waals surface area contributed by atoms with E-state index in [0.717, 1.165) is 31.7 Å². The van der Waals surface area contributed by atoms with Crippen molar-refractivity contribution in [3.63, 3.8) is 0 Å². The Morgan fingerprint density at radius 3 is 2.67 bits per heavy atom. The van der Waals surface area contributed by atoms with E-state index in [0.29, 0.717) is 11.5 Å². The van der Waals surface area contributed by atoms with Gasteiger partial charge in [-0.05, 0) is 25.7 Å². The number of nitrogens with one attached hydrogen (secondary N) is 1. The predicted molar refractivity (Wildman–Crippen MR) is 75.8 cm³/mol. The molecule has 2 saturated heterocycles. The summed E-state index contributed by atoms with van der Waals surface area (Å²) in [7, 11) is 0. The highest BCUT2D eigenvalue weighted by atomic mass is 16.5. The van der Waals surface area contributed by atoms with Gasteiger partial charge in [0.25, 0.3) is 0 Å². The summed E-state index contributed by atoms with van der Waals surface area (Å²) in [5.41, 5.74) is 0.350. The van der Waals surface area contributed by atoms with Crippen LogP contribution in [0.1, 0.15) is 40.5 Å². The molecule has 0 amide bonds. The summed E-state index contributed by atoms with van der Waals surface area (Å²) in [5.74, 6) is 0.859. The Balaban J connectivity index is 1.93. The molecule has 0 aromatic rings. The minimum absolute atomic E-state index is 0.350. The maximum atomic E-state index is 5.70. The predicted octanol–water partition coefficient (Wildman–Crippen LogP) is 2.12. The van der Waals surface area contributed by atoms with Crippen LogP contribution in [0.4, 0.5) is 0 Å². The van der Waals surface area contributed by atoms with Crippen molar-refractivity contribution in [2.75, 3.05) is 32.8 Å². The fraction of sp³-hybridized carbons (Fsp3) is 1.00. The molecule has 0 aliphatic carbocycles. The van der Waals surface area contributed by atoms with Gasteiger partial charge in [0.1, 0.15) is 0 Å². The lowest BCUT2D eigenvalue weighted by Gasteiger charge is -2.35. The third-order valence-electron chi connectivity index (χ3n) is 4.52. The quantitative estimate of drug-likeness (QED) is 0.813. The van der Waals surface area contributed by atoms with Crippen LogP contribution >= 0.6 is 0 Å². The van der Waals surface area contributed by atoms with Gasteiger partial charge < -0.3 is 10.1 Å². The summed E-state index contributed by atoms with van der Waals surface area (Å²) in [4.78, 5) is 2.68. The Morgan fingerprint density at radius 2 is 2.17 bits per heavy atom. The van der Waals surface area contributed by atoms with Crippen LogP contribution in [0.15, 0.2) is 0 Å². The van der Waals surface area contributed by atoms with Crippen molar-refractivity contribution >= 4 is 0 Å². The summed E-state index contributed by atoms with van der Waals surface area (Å²) in [6, 6.07) is 1.31. The normalized spacial score (nSPS) is 37.8. The van der Waals surface area contributed by atoms with E-state index in [1.54, 1.807) is 0 Å². The first-order chi connectivity index (χ1) is 8.51. The number of rotatable bonds is 5. The molecular weight excluding hydrogens is 224 g/mol. The SMILES string of the molecule is CC1CC(C)N(CC2(CNC(C)C)CCOC2)C1. The summed E-state index contributed by atoms with van der Waals surface area (Å²) >= 11 is 0. The van der Waals surface area contributed by atoms with Crippen LogP contribution in [0.5, 0.6) is 0 Å². The summed E-state index contributed by atoms with van der Waals surface area (Å²) in [5, 5.41) is 3.62. The molecular formula is C15H30N2O. The Labute approximate surface area is 112 Å². The zero-order valence-corrected chi connectivity index (χ0v) is 12.5. The molecule has 1 N–H and O–H groups in total. The van der Waals surface area contributed by atoms with Gasteiger partial charge in [-0.3, -0.25) is 4.90 Å². The second kappa shape index (κ2) is 5.89. The van der Waals surface area contributed by atoms with Gasteiger partial charge in [-0.25, -0.2) is 0 Å². The molecule has 2 heterocycles. The molecule has 0 bridgehead atoms. The molecule has 0 radical (unpaired) electrons. The van der Waals surface area contributed by atoms with Crippen LogP contribution in [0.2, 0.25) is 0 Å². The molecule has 2 aliphatic rings. The average Bonchev–Trinajstić information content (AvgIpc) is 2.85. The lowest BCUT2D eigenvalue weighted by Crippen LogP contribution is -2.47. The number of hydrogen-bond acceptors (Lipinski definition) is 3. The van der Waals surface area contributed by atoms with Crippen molar-refractivity contribution in [3.8, 4) is 0 Å². The highest BCUT2D eigenvalue weighted by molar-refractivity contribution is 4.92. The third kappa shape index (κ3) is 3.46. The number of ether oxygens (including phenoxy) is 1. The van der Waals surface area contributed by atoms with Gasteiger partial charge in [-0.2, -0.15) is 0 Å². The van der Waals surface area contributed by atoms with E-state index >= 15 is 0 Å². The van der Waals surface area contributed by atoms with Crippen LogP contribution < -0.4 is 5.32 Å². The highest BCUT2D eigenvalue weighted by Gasteiger charge is 2.39. The maximum absolute atomic E-state index is 5.70. The van der Waals surface area contributed by atoms with Crippen molar-refractivity contribution in [2.45, 2.75) is 52.6 Å². The first kappa shape index (κ1) is 14.3. The van der Waals surface area contributed by atoms with Gasteiger partial charge in [0.05, 0.1) is 6.61 Å². The fourth-order valence-corrected chi connectivity index (χ4v) is 3.43. The van der Waals surface area contributed by atoms with E-state index in [1.165, 1.54) is 25.9 Å². The zero-order chi connectivity index (χ0) is 13.2. The minimum atomic E-state index is 0.350. The van der Waals surface area contributed by atoms with Crippen molar-refractivity contribution in [1.82, 2.24) is 10.2 Å². The van der Waals surface area contributed by atoms with E-state index < -0.39 is 0 Å². The topological polar surface area (TPSA) is 24.5 Å². The van der Waals surface area contributed by atoms with Gasteiger partial charge in [-0.1, -0.05) is 20.8 Å². The van der Waals surface area contributed by atoms with Crippen molar-refractivity contribution in [1.29, 1.82) is 0 Å². The maximum Gasteiger partial charge on any atom is 0.0547 e. The lowest BCUT2D eigenvalue weighted by molar-refractivity contribution is 0.103. The Hall–Kier alpha value is -0.120. The molecule has 2 rings (SSSR count). The summed E-state index contributed by atoms with van der Waals surface area (Å²) in [6.07, 6.45) is 2.57. The molecule has 3 unspecified atom stereocenters. The van der Waals surface area contributed by atoms with Gasteiger partial charge in [-0.15, -0.1) is 0 Å². The van der Waals surface area contributed by atoms with Crippen LogP contribution in [0.25, 0.3) is 0 Å². The molecule has 2 fully saturated rings. The Kier molecular flexibility index (Phi) is 4.68. The van der Waals surface area contributed by atoms with E-state index in [1.807, 2.05) is 0 Å². The van der Waals surface area contributed by atoms with Crippen molar-refractivity contribution in [2.24, 2.45) is 11.3 Å². The third-order valence-corrected chi connectivity index (χ3v) is 4.52. The highest BCUT2D eigenvalue weighted by Crippen LogP contribution is 2.33. The number of hydrogen-bond donors (Lipinski definition) is 1. The van der Waals surface area contributed by atoms with E-state index in [9.17, 15) is 0 Å². The molecule has 0 aromatic carbocycles. The monoisotopic (exact) mass is 254 g/mol. The molecule has 0 saturated carbocycles. The summed E-state index contributed by atoms with van der Waals surface area (Å²) < 4.78 is 5.70. The molecule has 0 spiro atoms. The second-order valence-corrected chi connectivity index (χ2v) is 6.96. The van der Waals surface area contributed by atoms with Gasteiger partial charge >= 0.3 is 0 Å². The minimum Gasteiger partial charge on any atom is -0.381 e. The van der Waals surface area contributed by atoms with Gasteiger partial charge in [0.2, 0.25) is 0 Å². The van der Waals surface area contributed by atoms with E-state index in [2.05, 4.69) is 37.9 Å². The summed E-state index contributed by atoms with van der Waals surface area (Å²) in [6.45, 7) is 14.7. The zero-order valence-electron chi connectivity index (χ0n) is 12.5. The molecule has 2 aliphatic heterocycles. The van der Waals surface area contributed by atoms with Crippen LogP contribution in [-0.4, -0.2) is 49.8 Å². The lowest BCUT2D eigenvalue weighted by atomic mass is 9.86. The van der Waals surface area contributed by atoms with Crippen molar-refractivity contribution < 1.29 is 4.74 Å². The first-order valence-corrected chi connectivity index (χ1v) is 7.56. The van der Waals surface area contributed by atoms with Crippen LogP contribution in [0, 0.1) is 11.3 Å². The molecule has 106 valence electrons. The van der Waals surface area contributed by atoms with Crippen LogP contribution in [-0.2, 0) is 4.74 Å². The van der Waals surface area contributed by atoms with E-state index in [-0.39, 0.29) is 0 Å². The molecule has 3 atom stereocenters. The van der Waals surface area contributed by atoms with Crippen molar-refractivity contribution in [3.05, 3.63) is 0 Å². The molecule has 3 nitrogen and oxygen atoms in total. The Bertz CT molecular complexity index is 261.